The first-order valence-corrected chi connectivity index (χ1v) is 9.01. The normalized spacial score (nSPS) is 30.0. The van der Waals surface area contributed by atoms with Crippen LogP contribution in [0, 0.1) is 0 Å². The first kappa shape index (κ1) is 15.8. The Balaban J connectivity index is 1.78. The zero-order valence-electron chi connectivity index (χ0n) is 13.2. The molecular formula is C15H24N4O2S. The van der Waals surface area contributed by atoms with Crippen LogP contribution in [0.25, 0.3) is 0 Å². The molecular weight excluding hydrogens is 300 g/mol. The first-order valence-electron chi connectivity index (χ1n) is 7.86. The van der Waals surface area contributed by atoms with Crippen molar-refractivity contribution in [2.24, 2.45) is 7.05 Å². The van der Waals surface area contributed by atoms with Crippen LogP contribution in [0.3, 0.4) is 0 Å². The molecule has 1 aromatic rings. The molecule has 0 radical (unpaired) electrons. The van der Waals surface area contributed by atoms with E-state index in [0.717, 1.165) is 24.7 Å². The number of carbonyl (C=O) groups is 1. The highest BCUT2D eigenvalue weighted by Gasteiger charge is 2.44. The molecule has 0 aliphatic carbocycles. The van der Waals surface area contributed by atoms with Crippen molar-refractivity contribution in [2.45, 2.75) is 25.0 Å². The summed E-state index contributed by atoms with van der Waals surface area (Å²) in [7, 11) is 1.98. The summed E-state index contributed by atoms with van der Waals surface area (Å²) >= 11 is 1.66. The van der Waals surface area contributed by atoms with Crippen molar-refractivity contribution in [3.05, 3.63) is 18.2 Å². The van der Waals surface area contributed by atoms with E-state index < -0.39 is 5.60 Å². The van der Waals surface area contributed by atoms with E-state index >= 15 is 0 Å². The fourth-order valence-electron chi connectivity index (χ4n) is 3.34. The van der Waals surface area contributed by atoms with Gasteiger partial charge in [0.15, 0.2) is 5.60 Å². The van der Waals surface area contributed by atoms with Gasteiger partial charge in [-0.3, -0.25) is 9.69 Å². The van der Waals surface area contributed by atoms with Crippen molar-refractivity contribution in [1.29, 1.82) is 0 Å². The summed E-state index contributed by atoms with van der Waals surface area (Å²) in [6.45, 7) is 5.17. The molecule has 1 N–H and O–H groups in total. The molecule has 2 fully saturated rings. The van der Waals surface area contributed by atoms with Crippen LogP contribution in [0.4, 0.5) is 0 Å². The van der Waals surface area contributed by atoms with Crippen LogP contribution in [0.1, 0.15) is 25.2 Å². The maximum absolute atomic E-state index is 12.7. The molecule has 0 saturated carbocycles. The monoisotopic (exact) mass is 324 g/mol. The van der Waals surface area contributed by atoms with Crippen LogP contribution in [0.2, 0.25) is 0 Å². The van der Waals surface area contributed by atoms with Gasteiger partial charge in [0.05, 0.1) is 6.04 Å². The number of imidazole rings is 1. The van der Waals surface area contributed by atoms with E-state index in [1.54, 1.807) is 18.0 Å². The number of hydrogen-bond acceptors (Lipinski definition) is 5. The van der Waals surface area contributed by atoms with Gasteiger partial charge < -0.3 is 14.6 Å². The minimum Gasteiger partial charge on any atom is -0.379 e. The lowest BCUT2D eigenvalue weighted by Gasteiger charge is -2.42. The summed E-state index contributed by atoms with van der Waals surface area (Å²) in [5.74, 6) is 2.26. The van der Waals surface area contributed by atoms with E-state index in [2.05, 4.69) is 16.8 Å². The Morgan fingerprint density at radius 2 is 2.36 bits per heavy atom. The summed E-state index contributed by atoms with van der Waals surface area (Å²) in [6.07, 6.45) is 4.30. The second kappa shape index (κ2) is 6.22. The number of carbonyl (C=O) groups excluding carboxylic acids is 1. The van der Waals surface area contributed by atoms with Gasteiger partial charge in [0.25, 0.3) is 5.91 Å². The Hall–Kier alpha value is -1.05. The van der Waals surface area contributed by atoms with Crippen molar-refractivity contribution >= 4 is 17.7 Å². The zero-order chi connectivity index (χ0) is 15.7. The van der Waals surface area contributed by atoms with Gasteiger partial charge in [0.2, 0.25) is 0 Å². The molecule has 0 spiro atoms. The number of hydrogen-bond donors (Lipinski definition) is 1. The summed E-state index contributed by atoms with van der Waals surface area (Å²) in [6, 6.07) is 0.0976. The molecule has 2 aliphatic rings. The Morgan fingerprint density at radius 1 is 1.55 bits per heavy atom. The van der Waals surface area contributed by atoms with E-state index in [-0.39, 0.29) is 11.9 Å². The molecule has 6 nitrogen and oxygen atoms in total. The number of piperazine rings is 1. The number of thioether (sulfide) groups is 1. The fraction of sp³-hybridized carbons (Fsp3) is 0.733. The molecule has 2 atom stereocenters. The quantitative estimate of drug-likeness (QED) is 0.877. The fourth-order valence-corrected chi connectivity index (χ4v) is 4.58. The molecule has 3 heterocycles. The number of rotatable bonds is 3. The molecule has 3 rings (SSSR count). The van der Waals surface area contributed by atoms with Gasteiger partial charge in [-0.15, -0.1) is 0 Å². The second-order valence-corrected chi connectivity index (χ2v) is 7.23. The Kier molecular flexibility index (Phi) is 4.47. The summed E-state index contributed by atoms with van der Waals surface area (Å²) in [4.78, 5) is 21.4. The molecule has 0 aromatic carbocycles. The molecule has 22 heavy (non-hydrogen) atoms. The number of aliphatic hydroxyl groups is 1. The van der Waals surface area contributed by atoms with Crippen LogP contribution >= 0.6 is 11.8 Å². The highest BCUT2D eigenvalue weighted by atomic mass is 32.2. The van der Waals surface area contributed by atoms with Crippen LogP contribution in [0.15, 0.2) is 12.4 Å². The Morgan fingerprint density at radius 3 is 2.95 bits per heavy atom. The molecule has 2 saturated heterocycles. The maximum Gasteiger partial charge on any atom is 0.255 e. The average Bonchev–Trinajstić information content (AvgIpc) is 3.15. The SMILES string of the molecule is CCN1CCN(C(=O)C2(O)CCSC2)CC1c1nccn1C. The highest BCUT2D eigenvalue weighted by molar-refractivity contribution is 7.99. The minimum absolute atomic E-state index is 0.0976. The molecule has 7 heteroatoms. The lowest BCUT2D eigenvalue weighted by Crippen LogP contribution is -2.57. The van der Waals surface area contributed by atoms with E-state index in [1.165, 1.54) is 0 Å². The molecule has 1 aromatic heterocycles. The summed E-state index contributed by atoms with van der Waals surface area (Å²) in [5, 5.41) is 10.6. The van der Waals surface area contributed by atoms with Crippen LogP contribution < -0.4 is 0 Å². The third-order valence-corrected chi connectivity index (χ3v) is 5.91. The van der Waals surface area contributed by atoms with Gasteiger partial charge >= 0.3 is 0 Å². The Bertz CT molecular complexity index is 541. The smallest absolute Gasteiger partial charge is 0.255 e. The summed E-state index contributed by atoms with van der Waals surface area (Å²) < 4.78 is 2.02. The highest BCUT2D eigenvalue weighted by Crippen LogP contribution is 2.32. The van der Waals surface area contributed by atoms with Gasteiger partial charge in [-0.25, -0.2) is 4.98 Å². The number of aromatic nitrogens is 2. The predicted octanol–water partition coefficient (Wildman–Crippen LogP) is 0.493. The van der Waals surface area contributed by atoms with E-state index in [9.17, 15) is 9.90 Å². The predicted molar refractivity (Wildman–Crippen MR) is 86.7 cm³/mol. The van der Waals surface area contributed by atoms with Gasteiger partial charge in [-0.1, -0.05) is 6.92 Å². The second-order valence-electron chi connectivity index (χ2n) is 6.13. The average molecular weight is 324 g/mol. The lowest BCUT2D eigenvalue weighted by atomic mass is 10.00. The van der Waals surface area contributed by atoms with Crippen molar-refractivity contribution in [1.82, 2.24) is 19.4 Å². The van der Waals surface area contributed by atoms with Crippen molar-refractivity contribution in [2.75, 3.05) is 37.7 Å². The molecule has 1 amide bonds. The van der Waals surface area contributed by atoms with Gasteiger partial charge in [-0.2, -0.15) is 11.8 Å². The first-order chi connectivity index (χ1) is 10.5. The largest absolute Gasteiger partial charge is 0.379 e. The van der Waals surface area contributed by atoms with Gasteiger partial charge in [0, 0.05) is 44.8 Å². The third kappa shape index (κ3) is 2.77. The Labute approximate surface area is 135 Å². The standard InChI is InChI=1S/C15H24N4O2S/c1-3-18-7-8-19(14(20)15(21)4-9-22-11-15)10-12(18)13-16-5-6-17(13)2/h5-6,12,21H,3-4,7-11H2,1-2H3. The van der Waals surface area contributed by atoms with Gasteiger partial charge in [-0.05, 0) is 18.7 Å². The molecule has 2 unspecified atom stereocenters. The lowest BCUT2D eigenvalue weighted by molar-refractivity contribution is -0.152. The minimum atomic E-state index is -1.16. The van der Waals surface area contributed by atoms with Crippen LogP contribution in [0.5, 0.6) is 0 Å². The van der Waals surface area contributed by atoms with Crippen LogP contribution in [-0.2, 0) is 11.8 Å². The van der Waals surface area contributed by atoms with E-state index in [4.69, 9.17) is 0 Å². The summed E-state index contributed by atoms with van der Waals surface area (Å²) in [5.41, 5.74) is -1.16. The molecule has 0 bridgehead atoms. The topological polar surface area (TPSA) is 61.6 Å². The number of nitrogens with zero attached hydrogens (tertiary/aromatic N) is 4. The number of likely N-dealkylation sites (N-methyl/N-ethyl adjacent to an activating group) is 1. The van der Waals surface area contributed by atoms with Crippen molar-refractivity contribution in [3.63, 3.8) is 0 Å². The van der Waals surface area contributed by atoms with E-state index in [1.807, 2.05) is 22.7 Å². The van der Waals surface area contributed by atoms with Crippen molar-refractivity contribution in [3.8, 4) is 0 Å². The zero-order valence-corrected chi connectivity index (χ0v) is 14.1. The molecule has 2 aliphatic heterocycles. The molecule has 122 valence electrons. The van der Waals surface area contributed by atoms with Gasteiger partial charge in [0.1, 0.15) is 5.82 Å². The van der Waals surface area contributed by atoms with Crippen molar-refractivity contribution < 1.29 is 9.90 Å². The van der Waals surface area contributed by atoms with E-state index in [0.29, 0.717) is 25.3 Å². The number of aryl methyl sites for hydroxylation is 1. The maximum atomic E-state index is 12.7. The number of amides is 1. The van der Waals surface area contributed by atoms with Crippen LogP contribution in [-0.4, -0.2) is 73.7 Å². The third-order valence-electron chi connectivity index (χ3n) is 4.74.